The highest BCUT2D eigenvalue weighted by Gasteiger charge is 2.39. The number of carbonyl (C=O) groups excluding carboxylic acids is 1. The van der Waals surface area contributed by atoms with Crippen LogP contribution in [0.1, 0.15) is 55.6 Å². The Labute approximate surface area is 178 Å². The topological polar surface area (TPSA) is 57.7 Å². The number of hydrogen-bond donors (Lipinski definition) is 0. The SMILES string of the molecule is COC(=O)[C@@H](C)[C@H](c1cccc(OCC2CC(c3ccnc(OC)c3)C2)c1)C1CC1. The highest BCUT2D eigenvalue weighted by Crippen LogP contribution is 2.47. The van der Waals surface area contributed by atoms with Crippen LogP contribution in [0.25, 0.3) is 0 Å². The van der Waals surface area contributed by atoms with Crippen molar-refractivity contribution >= 4 is 5.97 Å². The number of carbonyl (C=O) groups is 1. The molecular weight excluding hydrogens is 378 g/mol. The van der Waals surface area contributed by atoms with Gasteiger partial charge in [-0.1, -0.05) is 19.1 Å². The van der Waals surface area contributed by atoms with Gasteiger partial charge < -0.3 is 14.2 Å². The van der Waals surface area contributed by atoms with E-state index in [2.05, 4.69) is 23.2 Å². The Hall–Kier alpha value is -2.56. The smallest absolute Gasteiger partial charge is 0.309 e. The summed E-state index contributed by atoms with van der Waals surface area (Å²) >= 11 is 0. The van der Waals surface area contributed by atoms with Crippen molar-refractivity contribution in [2.75, 3.05) is 20.8 Å². The zero-order chi connectivity index (χ0) is 21.1. The summed E-state index contributed by atoms with van der Waals surface area (Å²) in [6.07, 6.45) is 6.42. The van der Waals surface area contributed by atoms with Crippen molar-refractivity contribution in [3.05, 3.63) is 53.7 Å². The normalized spacial score (nSPS) is 22.5. The van der Waals surface area contributed by atoms with E-state index in [4.69, 9.17) is 14.2 Å². The van der Waals surface area contributed by atoms with E-state index < -0.39 is 0 Å². The molecule has 0 bridgehead atoms. The fourth-order valence-corrected chi connectivity index (χ4v) is 4.72. The summed E-state index contributed by atoms with van der Waals surface area (Å²) in [5, 5.41) is 0. The van der Waals surface area contributed by atoms with Crippen LogP contribution in [-0.2, 0) is 9.53 Å². The number of rotatable bonds is 9. The third-order valence-electron chi connectivity index (χ3n) is 6.65. The largest absolute Gasteiger partial charge is 0.493 e. The zero-order valence-corrected chi connectivity index (χ0v) is 18.0. The van der Waals surface area contributed by atoms with Gasteiger partial charge in [0.05, 0.1) is 26.7 Å². The van der Waals surface area contributed by atoms with Gasteiger partial charge in [-0.15, -0.1) is 0 Å². The molecule has 5 nitrogen and oxygen atoms in total. The maximum atomic E-state index is 12.1. The first kappa shape index (κ1) is 20.7. The molecule has 2 saturated carbocycles. The van der Waals surface area contributed by atoms with E-state index in [0.717, 1.165) is 25.2 Å². The average molecular weight is 410 g/mol. The Morgan fingerprint density at radius 2 is 1.97 bits per heavy atom. The summed E-state index contributed by atoms with van der Waals surface area (Å²) < 4.78 is 16.4. The molecule has 0 amide bonds. The van der Waals surface area contributed by atoms with E-state index in [9.17, 15) is 4.79 Å². The second-order valence-corrected chi connectivity index (χ2v) is 8.72. The number of pyridine rings is 1. The van der Waals surface area contributed by atoms with E-state index >= 15 is 0 Å². The Morgan fingerprint density at radius 1 is 1.17 bits per heavy atom. The molecule has 1 aromatic heterocycles. The lowest BCUT2D eigenvalue weighted by atomic mass is 9.72. The monoisotopic (exact) mass is 409 g/mol. The molecule has 2 aliphatic rings. The van der Waals surface area contributed by atoms with Crippen LogP contribution in [0.3, 0.4) is 0 Å². The van der Waals surface area contributed by atoms with Crippen LogP contribution in [-0.4, -0.2) is 31.8 Å². The van der Waals surface area contributed by atoms with E-state index in [1.54, 1.807) is 7.11 Å². The van der Waals surface area contributed by atoms with Crippen molar-refractivity contribution in [2.24, 2.45) is 17.8 Å². The fourth-order valence-electron chi connectivity index (χ4n) is 4.72. The Morgan fingerprint density at radius 3 is 2.67 bits per heavy atom. The molecule has 2 fully saturated rings. The quantitative estimate of drug-likeness (QED) is 0.548. The third kappa shape index (κ3) is 4.61. The molecule has 160 valence electrons. The van der Waals surface area contributed by atoms with Crippen LogP contribution in [0.15, 0.2) is 42.6 Å². The van der Waals surface area contributed by atoms with Crippen molar-refractivity contribution in [3.63, 3.8) is 0 Å². The summed E-state index contributed by atoms with van der Waals surface area (Å²) in [5.74, 6) is 3.19. The average Bonchev–Trinajstić information content (AvgIpc) is 3.57. The predicted molar refractivity (Wildman–Crippen MR) is 115 cm³/mol. The van der Waals surface area contributed by atoms with Crippen LogP contribution < -0.4 is 9.47 Å². The van der Waals surface area contributed by atoms with Crippen molar-refractivity contribution < 1.29 is 19.0 Å². The molecule has 0 unspecified atom stereocenters. The van der Waals surface area contributed by atoms with Crippen LogP contribution in [0.4, 0.5) is 0 Å². The summed E-state index contributed by atoms with van der Waals surface area (Å²) in [4.78, 5) is 16.3. The lowest BCUT2D eigenvalue weighted by molar-refractivity contribution is -0.145. The molecule has 1 heterocycles. The molecule has 2 atom stereocenters. The molecule has 2 aliphatic carbocycles. The number of nitrogens with zero attached hydrogens (tertiary/aromatic N) is 1. The van der Waals surface area contributed by atoms with Crippen LogP contribution >= 0.6 is 0 Å². The van der Waals surface area contributed by atoms with Gasteiger partial charge in [-0.3, -0.25) is 4.79 Å². The van der Waals surface area contributed by atoms with Gasteiger partial charge in [0.1, 0.15) is 5.75 Å². The standard InChI is InChI=1S/C25H31NO4/c1-16(25(27)29-3)24(18-7-8-18)20-5-4-6-22(13-20)30-15-17-11-21(12-17)19-9-10-26-23(14-19)28-2/h4-6,9-10,13-14,16-18,21,24H,7-8,11-12,15H2,1-3H3/t16-,17?,21?,24-/m0/s1. The molecule has 0 radical (unpaired) electrons. The molecule has 2 aromatic rings. The number of esters is 1. The van der Waals surface area contributed by atoms with Crippen LogP contribution in [0.5, 0.6) is 11.6 Å². The summed E-state index contributed by atoms with van der Waals surface area (Å²) in [6.45, 7) is 2.70. The lowest BCUT2D eigenvalue weighted by Crippen LogP contribution is -2.27. The minimum absolute atomic E-state index is 0.133. The number of ether oxygens (including phenoxy) is 3. The molecular formula is C25H31NO4. The van der Waals surface area contributed by atoms with Crippen LogP contribution in [0.2, 0.25) is 0 Å². The maximum absolute atomic E-state index is 12.1. The van der Waals surface area contributed by atoms with E-state index in [-0.39, 0.29) is 17.8 Å². The summed E-state index contributed by atoms with van der Waals surface area (Å²) in [7, 11) is 3.12. The van der Waals surface area contributed by atoms with E-state index in [1.807, 2.05) is 31.3 Å². The first-order valence-electron chi connectivity index (χ1n) is 10.9. The van der Waals surface area contributed by atoms with Gasteiger partial charge >= 0.3 is 5.97 Å². The van der Waals surface area contributed by atoms with E-state index in [0.29, 0.717) is 23.6 Å². The molecule has 1 aromatic carbocycles. The number of methoxy groups -OCH3 is 2. The Kier molecular flexibility index (Phi) is 6.26. The number of benzene rings is 1. The molecule has 4 rings (SSSR count). The Bertz CT molecular complexity index is 873. The molecule has 0 spiro atoms. The molecule has 5 heteroatoms. The van der Waals surface area contributed by atoms with Crippen LogP contribution in [0, 0.1) is 17.8 Å². The number of hydrogen-bond acceptors (Lipinski definition) is 5. The fraction of sp³-hybridized carbons (Fsp3) is 0.520. The van der Waals surface area contributed by atoms with Gasteiger partial charge in [0.2, 0.25) is 5.88 Å². The van der Waals surface area contributed by atoms with Gasteiger partial charge in [0, 0.05) is 12.3 Å². The summed E-state index contributed by atoms with van der Waals surface area (Å²) in [6, 6.07) is 12.4. The first-order valence-corrected chi connectivity index (χ1v) is 10.9. The zero-order valence-electron chi connectivity index (χ0n) is 18.0. The second kappa shape index (κ2) is 9.07. The van der Waals surface area contributed by atoms with Crippen molar-refractivity contribution in [1.82, 2.24) is 4.98 Å². The van der Waals surface area contributed by atoms with Gasteiger partial charge in [-0.25, -0.2) is 4.98 Å². The number of aromatic nitrogens is 1. The van der Waals surface area contributed by atoms with Gasteiger partial charge in [0.25, 0.3) is 0 Å². The molecule has 0 saturated heterocycles. The van der Waals surface area contributed by atoms with Gasteiger partial charge in [-0.05, 0) is 78.7 Å². The first-order chi connectivity index (χ1) is 14.6. The Balaban J connectivity index is 1.33. The van der Waals surface area contributed by atoms with E-state index in [1.165, 1.54) is 31.1 Å². The third-order valence-corrected chi connectivity index (χ3v) is 6.65. The van der Waals surface area contributed by atoms with Crippen molar-refractivity contribution in [3.8, 4) is 11.6 Å². The molecule has 0 N–H and O–H groups in total. The molecule has 30 heavy (non-hydrogen) atoms. The van der Waals surface area contributed by atoms with Gasteiger partial charge in [0.15, 0.2) is 0 Å². The minimum atomic E-state index is -0.137. The highest BCUT2D eigenvalue weighted by molar-refractivity contribution is 5.73. The molecule has 0 aliphatic heterocycles. The lowest BCUT2D eigenvalue weighted by Gasteiger charge is -2.35. The maximum Gasteiger partial charge on any atom is 0.309 e. The van der Waals surface area contributed by atoms with Gasteiger partial charge in [-0.2, -0.15) is 0 Å². The minimum Gasteiger partial charge on any atom is -0.493 e. The van der Waals surface area contributed by atoms with Crippen molar-refractivity contribution in [2.45, 2.75) is 44.4 Å². The van der Waals surface area contributed by atoms with Crippen molar-refractivity contribution in [1.29, 1.82) is 0 Å². The second-order valence-electron chi connectivity index (χ2n) is 8.72. The summed E-state index contributed by atoms with van der Waals surface area (Å²) in [5.41, 5.74) is 2.48. The highest BCUT2D eigenvalue weighted by atomic mass is 16.5. The predicted octanol–water partition coefficient (Wildman–Crippen LogP) is 4.97.